The third kappa shape index (κ3) is 4.66. The number of hydrogen-bond donors (Lipinski definition) is 2. The fourth-order valence-electron chi connectivity index (χ4n) is 2.11. The molecule has 0 aliphatic heterocycles. The molecule has 5 nitrogen and oxygen atoms in total. The van der Waals surface area contributed by atoms with E-state index in [4.69, 9.17) is 0 Å². The van der Waals surface area contributed by atoms with E-state index >= 15 is 0 Å². The van der Waals surface area contributed by atoms with Crippen molar-refractivity contribution in [2.75, 3.05) is 10.6 Å². The molecule has 0 saturated carbocycles. The van der Waals surface area contributed by atoms with Gasteiger partial charge in [-0.15, -0.1) is 0 Å². The van der Waals surface area contributed by atoms with Crippen molar-refractivity contribution in [2.45, 2.75) is 12.7 Å². The van der Waals surface area contributed by atoms with Gasteiger partial charge in [-0.1, -0.05) is 6.07 Å². The number of pyridine rings is 1. The maximum atomic E-state index is 12.6. The van der Waals surface area contributed by atoms with E-state index < -0.39 is 11.7 Å². The lowest BCUT2D eigenvalue weighted by atomic mass is 10.2. The molecular formula is C17H14F3N5. The molecule has 0 aliphatic rings. The van der Waals surface area contributed by atoms with Crippen molar-refractivity contribution in [3.8, 4) is 0 Å². The molecule has 2 heterocycles. The summed E-state index contributed by atoms with van der Waals surface area (Å²) in [5, 5.41) is 6.09. The number of aromatic nitrogens is 3. The van der Waals surface area contributed by atoms with Crippen LogP contribution in [0.3, 0.4) is 0 Å². The second kappa shape index (κ2) is 7.16. The van der Waals surface area contributed by atoms with Crippen molar-refractivity contribution in [2.24, 2.45) is 0 Å². The second-order valence-electron chi connectivity index (χ2n) is 5.20. The lowest BCUT2D eigenvalue weighted by Crippen LogP contribution is -2.05. The molecule has 2 aromatic heterocycles. The molecule has 0 amide bonds. The van der Waals surface area contributed by atoms with Gasteiger partial charge in [0.15, 0.2) is 0 Å². The van der Waals surface area contributed by atoms with Gasteiger partial charge in [0.1, 0.15) is 18.0 Å². The van der Waals surface area contributed by atoms with Gasteiger partial charge in [-0.25, -0.2) is 9.97 Å². The van der Waals surface area contributed by atoms with Crippen LogP contribution in [0.2, 0.25) is 0 Å². The Hall–Kier alpha value is -3.16. The minimum Gasteiger partial charge on any atom is -0.366 e. The molecule has 0 spiro atoms. The lowest BCUT2D eigenvalue weighted by molar-refractivity contribution is -0.137. The van der Waals surface area contributed by atoms with Crippen molar-refractivity contribution in [3.05, 3.63) is 72.3 Å². The van der Waals surface area contributed by atoms with Crippen molar-refractivity contribution in [1.29, 1.82) is 0 Å². The highest BCUT2D eigenvalue weighted by Gasteiger charge is 2.29. The third-order valence-corrected chi connectivity index (χ3v) is 3.35. The number of nitrogens with zero attached hydrogens (tertiary/aromatic N) is 3. The van der Waals surface area contributed by atoms with Gasteiger partial charge >= 0.3 is 6.18 Å². The molecule has 0 saturated heterocycles. The minimum atomic E-state index is -4.35. The fourth-order valence-corrected chi connectivity index (χ4v) is 2.11. The van der Waals surface area contributed by atoms with Crippen LogP contribution in [0.4, 0.5) is 30.5 Å². The molecular weight excluding hydrogens is 331 g/mol. The zero-order valence-corrected chi connectivity index (χ0v) is 13.0. The Kier molecular flexibility index (Phi) is 4.78. The van der Waals surface area contributed by atoms with E-state index in [9.17, 15) is 13.2 Å². The summed E-state index contributed by atoms with van der Waals surface area (Å²) in [6.45, 7) is 0.546. The number of halogens is 3. The van der Waals surface area contributed by atoms with Crippen LogP contribution < -0.4 is 10.6 Å². The summed E-state index contributed by atoms with van der Waals surface area (Å²) in [7, 11) is 0. The van der Waals surface area contributed by atoms with Crippen LogP contribution in [0.25, 0.3) is 0 Å². The van der Waals surface area contributed by atoms with Crippen molar-refractivity contribution < 1.29 is 13.2 Å². The van der Waals surface area contributed by atoms with Crippen molar-refractivity contribution >= 4 is 17.3 Å². The first kappa shape index (κ1) is 16.7. The van der Waals surface area contributed by atoms with Crippen LogP contribution >= 0.6 is 0 Å². The van der Waals surface area contributed by atoms with Gasteiger partial charge < -0.3 is 10.6 Å². The van der Waals surface area contributed by atoms with E-state index in [-0.39, 0.29) is 0 Å². The normalized spacial score (nSPS) is 11.2. The van der Waals surface area contributed by atoms with Gasteiger partial charge in [0.05, 0.1) is 5.56 Å². The van der Waals surface area contributed by atoms with Crippen LogP contribution in [0.15, 0.2) is 61.2 Å². The monoisotopic (exact) mass is 345 g/mol. The van der Waals surface area contributed by atoms with Crippen molar-refractivity contribution in [3.63, 3.8) is 0 Å². The number of alkyl halides is 3. The van der Waals surface area contributed by atoms with Gasteiger partial charge in [0.2, 0.25) is 0 Å². The Morgan fingerprint density at radius 3 is 2.40 bits per heavy atom. The molecule has 8 heteroatoms. The van der Waals surface area contributed by atoms with E-state index in [0.717, 1.165) is 17.7 Å². The molecule has 0 radical (unpaired) electrons. The molecule has 0 bridgehead atoms. The van der Waals surface area contributed by atoms with Gasteiger partial charge in [-0.05, 0) is 35.9 Å². The largest absolute Gasteiger partial charge is 0.416 e. The Morgan fingerprint density at radius 2 is 1.72 bits per heavy atom. The number of benzene rings is 1. The zero-order valence-electron chi connectivity index (χ0n) is 13.0. The Balaban J connectivity index is 1.65. The second-order valence-corrected chi connectivity index (χ2v) is 5.20. The molecule has 3 aromatic rings. The van der Waals surface area contributed by atoms with E-state index in [1.54, 1.807) is 18.5 Å². The molecule has 2 N–H and O–H groups in total. The van der Waals surface area contributed by atoms with Crippen LogP contribution in [-0.2, 0) is 12.7 Å². The first-order chi connectivity index (χ1) is 12.0. The predicted molar refractivity (Wildman–Crippen MR) is 88.3 cm³/mol. The van der Waals surface area contributed by atoms with E-state index in [0.29, 0.717) is 23.9 Å². The highest BCUT2D eigenvalue weighted by molar-refractivity contribution is 5.59. The van der Waals surface area contributed by atoms with Crippen LogP contribution in [0.5, 0.6) is 0 Å². The average Bonchev–Trinajstić information content (AvgIpc) is 2.61. The summed E-state index contributed by atoms with van der Waals surface area (Å²) in [6.07, 6.45) is 0.463. The quantitative estimate of drug-likeness (QED) is 0.724. The number of hydrogen-bond acceptors (Lipinski definition) is 5. The zero-order chi connectivity index (χ0) is 17.7. The highest BCUT2D eigenvalue weighted by atomic mass is 19.4. The van der Waals surface area contributed by atoms with Crippen molar-refractivity contribution in [1.82, 2.24) is 15.0 Å². The van der Waals surface area contributed by atoms with Gasteiger partial charge in [-0.2, -0.15) is 13.2 Å². The highest BCUT2D eigenvalue weighted by Crippen LogP contribution is 2.30. The fraction of sp³-hybridized carbons (Fsp3) is 0.118. The number of anilines is 3. The minimum absolute atomic E-state index is 0.475. The summed E-state index contributed by atoms with van der Waals surface area (Å²) in [4.78, 5) is 12.2. The molecule has 25 heavy (non-hydrogen) atoms. The maximum absolute atomic E-state index is 12.6. The summed E-state index contributed by atoms with van der Waals surface area (Å²) in [5.41, 5.74) is 0.808. The molecule has 0 aliphatic carbocycles. The first-order valence-electron chi connectivity index (χ1n) is 7.40. The third-order valence-electron chi connectivity index (χ3n) is 3.35. The van der Waals surface area contributed by atoms with Gasteiger partial charge in [0, 0.05) is 30.7 Å². The predicted octanol–water partition coefficient (Wildman–Crippen LogP) is 4.25. The van der Waals surface area contributed by atoms with E-state index in [1.807, 2.05) is 12.1 Å². The summed E-state index contributed by atoms with van der Waals surface area (Å²) >= 11 is 0. The summed E-state index contributed by atoms with van der Waals surface area (Å²) < 4.78 is 37.7. The lowest BCUT2D eigenvalue weighted by Gasteiger charge is -2.10. The SMILES string of the molecule is FC(F)(F)c1ccc(Nc2cc(NCc3cccnc3)ncn2)cc1. The van der Waals surface area contributed by atoms with Gasteiger partial charge in [-0.3, -0.25) is 4.98 Å². The van der Waals surface area contributed by atoms with Gasteiger partial charge in [0.25, 0.3) is 0 Å². The molecule has 0 fully saturated rings. The number of rotatable bonds is 5. The summed E-state index contributed by atoms with van der Waals surface area (Å²) in [5.74, 6) is 1.07. The standard InChI is InChI=1S/C17H14F3N5/c18-17(19,20)13-3-5-14(6-4-13)25-16-8-15(23-11-24-16)22-10-12-2-1-7-21-9-12/h1-9,11H,10H2,(H2,22,23,24,25). The average molecular weight is 345 g/mol. The maximum Gasteiger partial charge on any atom is 0.416 e. The first-order valence-corrected chi connectivity index (χ1v) is 7.40. The molecule has 0 atom stereocenters. The molecule has 1 aromatic carbocycles. The van der Waals surface area contributed by atoms with Crippen LogP contribution in [0, 0.1) is 0 Å². The smallest absolute Gasteiger partial charge is 0.366 e. The van der Waals surface area contributed by atoms with Crippen LogP contribution in [0.1, 0.15) is 11.1 Å². The number of nitrogens with one attached hydrogen (secondary N) is 2. The molecule has 0 unspecified atom stereocenters. The molecule has 128 valence electrons. The van der Waals surface area contributed by atoms with E-state index in [2.05, 4.69) is 25.6 Å². The van der Waals surface area contributed by atoms with Crippen LogP contribution in [-0.4, -0.2) is 15.0 Å². The molecule has 3 rings (SSSR count). The topological polar surface area (TPSA) is 62.7 Å². The Morgan fingerprint density at radius 1 is 0.960 bits per heavy atom. The Labute approximate surface area is 142 Å². The summed E-state index contributed by atoms with van der Waals surface area (Å²) in [6, 6.07) is 10.2. The van der Waals surface area contributed by atoms with E-state index in [1.165, 1.54) is 18.5 Å². The Bertz CT molecular complexity index is 820.